The Morgan fingerprint density at radius 1 is 1.16 bits per heavy atom. The molecule has 0 bridgehead atoms. The molecule has 0 saturated carbocycles. The first-order valence-corrected chi connectivity index (χ1v) is 9.83. The van der Waals surface area contributed by atoms with Crippen LogP contribution in [0.1, 0.15) is 13.3 Å². The lowest BCUT2D eigenvalue weighted by Gasteiger charge is -2.10. The molecule has 140 valence electrons. The molecule has 0 aliphatic carbocycles. The van der Waals surface area contributed by atoms with Gasteiger partial charge < -0.3 is 25.2 Å². The van der Waals surface area contributed by atoms with E-state index in [4.69, 9.17) is 4.74 Å². The summed E-state index contributed by atoms with van der Waals surface area (Å²) < 4.78 is 15.7. The van der Waals surface area contributed by atoms with Crippen LogP contribution >= 0.6 is 0 Å². The van der Waals surface area contributed by atoms with E-state index in [2.05, 4.69) is 21.3 Å². The van der Waals surface area contributed by atoms with Gasteiger partial charge in [-0.2, -0.15) is 0 Å². The van der Waals surface area contributed by atoms with Crippen LogP contribution in [0, 0.1) is 0 Å². The van der Waals surface area contributed by atoms with Gasteiger partial charge in [0.1, 0.15) is 5.75 Å². The van der Waals surface area contributed by atoms with Crippen molar-refractivity contribution in [3.8, 4) is 0 Å². The Labute approximate surface area is 151 Å². The summed E-state index contributed by atoms with van der Waals surface area (Å²) in [6.45, 7) is 3.89. The molecule has 1 unspecified atom stereocenters. The summed E-state index contributed by atoms with van der Waals surface area (Å²) in [5, 5.41) is 11.2. The highest BCUT2D eigenvalue weighted by Crippen LogP contribution is 2.15. The second kappa shape index (κ2) is 12.4. The standard InChI is InChI=1S/C16H26N4O4S/c1-3-24-16(22)20-14-7-4-6-13(12-14)19-15(21)18-10-9-17-8-5-11-25(2)23/h4,6-7,12,17H,3,5,8-11H2,1-2H3,(H,20,22)(H2,18,19,21). The fourth-order valence-electron chi connectivity index (χ4n) is 1.92. The number of hydrogen-bond donors (Lipinski definition) is 4. The lowest BCUT2D eigenvalue weighted by Crippen LogP contribution is -2.35. The third-order valence-corrected chi connectivity index (χ3v) is 3.88. The Kier molecular flexibility index (Phi) is 10.5. The molecule has 9 heteroatoms. The Morgan fingerprint density at radius 2 is 1.88 bits per heavy atom. The molecule has 0 fully saturated rings. The van der Waals surface area contributed by atoms with Gasteiger partial charge in [0.25, 0.3) is 0 Å². The van der Waals surface area contributed by atoms with E-state index in [9.17, 15) is 14.1 Å². The van der Waals surface area contributed by atoms with Gasteiger partial charge in [0.2, 0.25) is 0 Å². The zero-order valence-corrected chi connectivity index (χ0v) is 15.4. The molecule has 1 aromatic rings. The zero-order chi connectivity index (χ0) is 18.5. The average molecular weight is 370 g/mol. The molecule has 0 aliphatic rings. The molecule has 0 saturated heterocycles. The summed E-state index contributed by atoms with van der Waals surface area (Å²) in [5.41, 5.74) is 1.09. The highest BCUT2D eigenvalue weighted by molar-refractivity contribution is 7.90. The van der Waals surface area contributed by atoms with Gasteiger partial charge in [0.15, 0.2) is 0 Å². The van der Waals surface area contributed by atoms with Crippen LogP contribution < -0.4 is 21.3 Å². The number of ether oxygens (including phenoxy) is 1. The average Bonchev–Trinajstić information content (AvgIpc) is 2.54. The van der Waals surface area contributed by atoms with Gasteiger partial charge in [-0.25, -0.2) is 9.59 Å². The first-order valence-electron chi connectivity index (χ1n) is 8.10. The molecule has 1 aromatic carbocycles. The topological polar surface area (TPSA) is 115 Å². The van der Waals surface area contributed by atoms with Crippen LogP contribution in [0.5, 0.6) is 0 Å². The van der Waals surface area contributed by atoms with E-state index < -0.39 is 17.3 Å². The first kappa shape index (κ1) is 21.1. The lowest BCUT2D eigenvalue weighted by molar-refractivity contribution is 0.168. The summed E-state index contributed by atoms with van der Waals surface area (Å²) in [5.74, 6) is 0.678. The molecule has 0 aliphatic heterocycles. The third-order valence-electron chi connectivity index (χ3n) is 3.01. The zero-order valence-electron chi connectivity index (χ0n) is 14.6. The molecule has 3 amide bonds. The van der Waals surface area contributed by atoms with Crippen molar-refractivity contribution in [3.63, 3.8) is 0 Å². The number of nitrogens with one attached hydrogen (secondary N) is 4. The van der Waals surface area contributed by atoms with Crippen LogP contribution in [0.3, 0.4) is 0 Å². The van der Waals surface area contributed by atoms with Crippen molar-refractivity contribution in [2.24, 2.45) is 0 Å². The van der Waals surface area contributed by atoms with E-state index in [-0.39, 0.29) is 12.6 Å². The minimum atomic E-state index is -0.764. The molecule has 1 atom stereocenters. The van der Waals surface area contributed by atoms with Crippen molar-refractivity contribution in [2.45, 2.75) is 13.3 Å². The molecule has 4 N–H and O–H groups in total. The van der Waals surface area contributed by atoms with Crippen LogP contribution in [-0.2, 0) is 15.9 Å². The molecular weight excluding hydrogens is 344 g/mol. The highest BCUT2D eigenvalue weighted by atomic mass is 32.2. The van der Waals surface area contributed by atoms with E-state index in [0.717, 1.165) is 13.0 Å². The van der Waals surface area contributed by atoms with Crippen LogP contribution in [0.4, 0.5) is 21.0 Å². The van der Waals surface area contributed by atoms with E-state index >= 15 is 0 Å². The Morgan fingerprint density at radius 3 is 2.56 bits per heavy atom. The summed E-state index contributed by atoms with van der Waals surface area (Å²) in [6.07, 6.45) is 1.99. The normalized spacial score (nSPS) is 11.5. The van der Waals surface area contributed by atoms with Crippen molar-refractivity contribution in [1.82, 2.24) is 10.6 Å². The SMILES string of the molecule is CCOC(=O)Nc1cccc(NC(=O)NCCNCCC[S+](C)[O-])c1. The maximum absolute atomic E-state index is 11.8. The predicted octanol–water partition coefficient (Wildman–Crippen LogP) is 1.73. The molecule has 1 rings (SSSR count). The van der Waals surface area contributed by atoms with Crippen LogP contribution in [-0.4, -0.2) is 54.9 Å². The fourth-order valence-corrected chi connectivity index (χ4v) is 2.48. The minimum Gasteiger partial charge on any atom is -0.617 e. The number of benzene rings is 1. The molecule has 25 heavy (non-hydrogen) atoms. The fraction of sp³-hybridized carbons (Fsp3) is 0.500. The summed E-state index contributed by atoms with van der Waals surface area (Å²) in [7, 11) is 0. The number of rotatable bonds is 10. The predicted molar refractivity (Wildman–Crippen MR) is 101 cm³/mol. The van der Waals surface area contributed by atoms with Crippen LogP contribution in [0.25, 0.3) is 0 Å². The largest absolute Gasteiger partial charge is 0.617 e. The van der Waals surface area contributed by atoms with Gasteiger partial charge in [-0.3, -0.25) is 5.32 Å². The van der Waals surface area contributed by atoms with Crippen molar-refractivity contribution in [3.05, 3.63) is 24.3 Å². The summed E-state index contributed by atoms with van der Waals surface area (Å²) in [6, 6.07) is 6.45. The number of carbonyl (C=O) groups excluding carboxylic acids is 2. The Bertz CT molecular complexity index is 543. The van der Waals surface area contributed by atoms with Crippen LogP contribution in [0.2, 0.25) is 0 Å². The van der Waals surface area contributed by atoms with E-state index in [1.54, 1.807) is 37.4 Å². The second-order valence-electron chi connectivity index (χ2n) is 5.19. The molecule has 8 nitrogen and oxygen atoms in total. The Balaban J connectivity index is 2.24. The van der Waals surface area contributed by atoms with Crippen LogP contribution in [0.15, 0.2) is 24.3 Å². The van der Waals surface area contributed by atoms with E-state index in [0.29, 0.717) is 30.2 Å². The lowest BCUT2D eigenvalue weighted by atomic mass is 10.3. The quantitative estimate of drug-likeness (QED) is 0.370. The minimum absolute atomic E-state index is 0.288. The number of anilines is 2. The summed E-state index contributed by atoms with van der Waals surface area (Å²) >= 11 is -0.764. The maximum atomic E-state index is 11.8. The van der Waals surface area contributed by atoms with Crippen molar-refractivity contribution in [2.75, 3.05) is 48.9 Å². The highest BCUT2D eigenvalue weighted by Gasteiger charge is 2.05. The van der Waals surface area contributed by atoms with Gasteiger partial charge >= 0.3 is 12.1 Å². The Hall–Kier alpha value is -1.97. The number of amides is 3. The van der Waals surface area contributed by atoms with Gasteiger partial charge in [0.05, 0.1) is 12.9 Å². The van der Waals surface area contributed by atoms with Crippen molar-refractivity contribution < 1.29 is 18.9 Å². The maximum Gasteiger partial charge on any atom is 0.411 e. The smallest absolute Gasteiger partial charge is 0.411 e. The number of urea groups is 1. The molecule has 0 aromatic heterocycles. The first-order chi connectivity index (χ1) is 12.0. The van der Waals surface area contributed by atoms with Crippen molar-refractivity contribution in [1.29, 1.82) is 0 Å². The molecule has 0 spiro atoms. The molecule has 0 heterocycles. The van der Waals surface area contributed by atoms with Gasteiger partial charge in [-0.15, -0.1) is 0 Å². The van der Waals surface area contributed by atoms with E-state index in [1.165, 1.54) is 0 Å². The number of carbonyl (C=O) groups is 2. The van der Waals surface area contributed by atoms with Gasteiger partial charge in [-0.1, -0.05) is 17.2 Å². The third kappa shape index (κ3) is 10.5. The molecule has 0 radical (unpaired) electrons. The second-order valence-corrected chi connectivity index (χ2v) is 6.74. The van der Waals surface area contributed by atoms with Gasteiger partial charge in [0, 0.05) is 30.9 Å². The monoisotopic (exact) mass is 370 g/mol. The number of hydrogen-bond acceptors (Lipinski definition) is 5. The van der Waals surface area contributed by atoms with E-state index in [1.807, 2.05) is 0 Å². The van der Waals surface area contributed by atoms with Crippen molar-refractivity contribution >= 4 is 34.7 Å². The van der Waals surface area contributed by atoms with Gasteiger partial charge in [-0.05, 0) is 31.7 Å². The molecular formula is C16H26N4O4S. The summed E-state index contributed by atoms with van der Waals surface area (Å²) in [4.78, 5) is 23.2.